The van der Waals surface area contributed by atoms with Gasteiger partial charge in [0.25, 0.3) is 0 Å². The van der Waals surface area contributed by atoms with Gasteiger partial charge in [-0.3, -0.25) is 5.32 Å². The second-order valence-electron chi connectivity index (χ2n) is 5.42. The van der Waals surface area contributed by atoms with Crippen molar-refractivity contribution in [3.05, 3.63) is 18.3 Å². The average molecular weight is 276 g/mol. The number of anilines is 1. The van der Waals surface area contributed by atoms with Crippen molar-refractivity contribution < 1.29 is 9.53 Å². The van der Waals surface area contributed by atoms with Crippen LogP contribution in [0, 0.1) is 5.92 Å². The number of ether oxygens (including phenoxy) is 1. The van der Waals surface area contributed by atoms with Crippen molar-refractivity contribution in [3.63, 3.8) is 0 Å². The number of hydrogen-bond donors (Lipinski definition) is 1. The van der Waals surface area contributed by atoms with Gasteiger partial charge in [0.05, 0.1) is 6.10 Å². The van der Waals surface area contributed by atoms with Crippen molar-refractivity contribution in [2.24, 2.45) is 5.92 Å². The van der Waals surface area contributed by atoms with Crippen LogP contribution >= 0.6 is 0 Å². The summed E-state index contributed by atoms with van der Waals surface area (Å²) in [4.78, 5) is 14.0. The lowest BCUT2D eigenvalue weighted by Crippen LogP contribution is -2.43. The van der Waals surface area contributed by atoms with Gasteiger partial charge in [-0.05, 0) is 43.7 Å². The van der Waals surface area contributed by atoms with Crippen LogP contribution in [0.5, 0.6) is 0 Å². The van der Waals surface area contributed by atoms with E-state index >= 15 is 0 Å². The molecule has 6 nitrogen and oxygen atoms in total. The molecule has 1 aromatic rings. The van der Waals surface area contributed by atoms with Crippen molar-refractivity contribution in [3.8, 4) is 0 Å². The standard InChI is InChI=1S/C14H20N4O2/c19-14(16-13-4-1-7-15-17-13)18-8-5-11(6-9-18)12-3-2-10-20-12/h1,4,7,11-12H,2-3,5-6,8-10H2,(H,16,17,19). The van der Waals surface area contributed by atoms with Crippen molar-refractivity contribution in [1.29, 1.82) is 0 Å². The van der Waals surface area contributed by atoms with Crippen LogP contribution in [0.25, 0.3) is 0 Å². The van der Waals surface area contributed by atoms with Crippen molar-refractivity contribution >= 4 is 11.8 Å². The molecule has 108 valence electrons. The molecule has 0 aromatic carbocycles. The maximum atomic E-state index is 12.1. The number of urea groups is 1. The Labute approximate surface area is 118 Å². The molecule has 2 amide bonds. The van der Waals surface area contributed by atoms with Gasteiger partial charge in [-0.15, -0.1) is 5.10 Å². The number of carbonyl (C=O) groups excluding carboxylic acids is 1. The van der Waals surface area contributed by atoms with E-state index in [9.17, 15) is 4.79 Å². The molecule has 1 N–H and O–H groups in total. The summed E-state index contributed by atoms with van der Waals surface area (Å²) in [5, 5.41) is 10.4. The van der Waals surface area contributed by atoms with E-state index in [2.05, 4.69) is 15.5 Å². The van der Waals surface area contributed by atoms with Gasteiger partial charge in [-0.2, -0.15) is 5.10 Å². The normalized spacial score (nSPS) is 23.8. The Morgan fingerprint density at radius 1 is 1.35 bits per heavy atom. The molecule has 2 fully saturated rings. The summed E-state index contributed by atoms with van der Waals surface area (Å²) in [6, 6.07) is 3.41. The van der Waals surface area contributed by atoms with E-state index in [4.69, 9.17) is 4.74 Å². The van der Waals surface area contributed by atoms with E-state index in [-0.39, 0.29) is 6.03 Å². The van der Waals surface area contributed by atoms with E-state index in [0.29, 0.717) is 17.8 Å². The van der Waals surface area contributed by atoms with Gasteiger partial charge in [0.1, 0.15) is 0 Å². The molecule has 2 saturated heterocycles. The fourth-order valence-electron chi connectivity index (χ4n) is 3.01. The zero-order valence-electron chi connectivity index (χ0n) is 11.5. The maximum absolute atomic E-state index is 12.1. The van der Waals surface area contributed by atoms with Crippen LogP contribution in [-0.4, -0.2) is 46.9 Å². The number of aromatic nitrogens is 2. The highest BCUT2D eigenvalue weighted by Gasteiger charge is 2.30. The summed E-state index contributed by atoms with van der Waals surface area (Å²) < 4.78 is 5.75. The van der Waals surface area contributed by atoms with E-state index < -0.39 is 0 Å². The number of piperidine rings is 1. The monoisotopic (exact) mass is 276 g/mol. The van der Waals surface area contributed by atoms with Crippen LogP contribution < -0.4 is 5.32 Å². The molecule has 2 aliphatic rings. The molecule has 6 heteroatoms. The van der Waals surface area contributed by atoms with Gasteiger partial charge >= 0.3 is 6.03 Å². The lowest BCUT2D eigenvalue weighted by Gasteiger charge is -2.34. The van der Waals surface area contributed by atoms with Gasteiger partial charge < -0.3 is 9.64 Å². The Balaban J connectivity index is 1.49. The third-order valence-electron chi connectivity index (χ3n) is 4.12. The molecular weight excluding hydrogens is 256 g/mol. The summed E-state index contributed by atoms with van der Waals surface area (Å²) in [5.41, 5.74) is 0. The Morgan fingerprint density at radius 3 is 2.85 bits per heavy atom. The third-order valence-corrected chi connectivity index (χ3v) is 4.12. The maximum Gasteiger partial charge on any atom is 0.323 e. The number of likely N-dealkylation sites (tertiary alicyclic amines) is 1. The van der Waals surface area contributed by atoms with Gasteiger partial charge in [-0.1, -0.05) is 0 Å². The van der Waals surface area contributed by atoms with Crippen LogP contribution in [0.15, 0.2) is 18.3 Å². The molecule has 0 bridgehead atoms. The summed E-state index contributed by atoms with van der Waals surface area (Å²) >= 11 is 0. The molecule has 0 saturated carbocycles. The summed E-state index contributed by atoms with van der Waals surface area (Å²) in [7, 11) is 0. The van der Waals surface area contributed by atoms with Crippen molar-refractivity contribution in [1.82, 2.24) is 15.1 Å². The molecule has 20 heavy (non-hydrogen) atoms. The van der Waals surface area contributed by atoms with E-state index in [1.165, 1.54) is 12.8 Å². The van der Waals surface area contributed by atoms with Gasteiger partial charge in [0.15, 0.2) is 5.82 Å². The molecule has 0 aliphatic carbocycles. The van der Waals surface area contributed by atoms with E-state index in [1.54, 1.807) is 18.3 Å². The van der Waals surface area contributed by atoms with Crippen LogP contribution in [0.2, 0.25) is 0 Å². The quantitative estimate of drug-likeness (QED) is 0.896. The second kappa shape index (κ2) is 6.17. The fourth-order valence-corrected chi connectivity index (χ4v) is 3.01. The van der Waals surface area contributed by atoms with Gasteiger partial charge in [0.2, 0.25) is 0 Å². The lowest BCUT2D eigenvalue weighted by molar-refractivity contribution is 0.0382. The number of nitrogens with zero attached hydrogens (tertiary/aromatic N) is 3. The highest BCUT2D eigenvalue weighted by molar-refractivity contribution is 5.88. The first-order valence-electron chi connectivity index (χ1n) is 7.28. The predicted molar refractivity (Wildman–Crippen MR) is 74.3 cm³/mol. The molecule has 0 spiro atoms. The Hall–Kier alpha value is -1.69. The smallest absolute Gasteiger partial charge is 0.323 e. The SMILES string of the molecule is O=C(Nc1cccnn1)N1CCC(C2CCCO2)CC1. The number of rotatable bonds is 2. The Kier molecular flexibility index (Phi) is 4.11. The molecule has 1 aromatic heterocycles. The fraction of sp³-hybridized carbons (Fsp3) is 0.643. The number of hydrogen-bond acceptors (Lipinski definition) is 4. The highest BCUT2D eigenvalue weighted by atomic mass is 16.5. The Bertz CT molecular complexity index is 440. The van der Waals surface area contributed by atoms with Crippen molar-refractivity contribution in [2.45, 2.75) is 31.8 Å². The summed E-state index contributed by atoms with van der Waals surface area (Å²) in [6.45, 7) is 2.48. The Morgan fingerprint density at radius 2 is 2.20 bits per heavy atom. The summed E-state index contributed by atoms with van der Waals surface area (Å²) in [6.07, 6.45) is 6.41. The summed E-state index contributed by atoms with van der Waals surface area (Å²) in [5.74, 6) is 1.11. The predicted octanol–water partition coefficient (Wildman–Crippen LogP) is 1.90. The van der Waals surface area contributed by atoms with Gasteiger partial charge in [-0.25, -0.2) is 4.79 Å². The molecule has 1 unspecified atom stereocenters. The third kappa shape index (κ3) is 3.07. The van der Waals surface area contributed by atoms with E-state index in [0.717, 1.165) is 32.5 Å². The molecule has 0 radical (unpaired) electrons. The van der Waals surface area contributed by atoms with Crippen LogP contribution in [0.3, 0.4) is 0 Å². The molecule has 2 aliphatic heterocycles. The first-order chi connectivity index (χ1) is 9.83. The average Bonchev–Trinajstić information content (AvgIpc) is 3.03. The molecule has 3 rings (SSSR count). The van der Waals surface area contributed by atoms with Crippen LogP contribution in [-0.2, 0) is 4.74 Å². The topological polar surface area (TPSA) is 67.4 Å². The zero-order chi connectivity index (χ0) is 13.8. The minimum absolute atomic E-state index is 0.0868. The molecule has 1 atom stereocenters. The number of carbonyl (C=O) groups is 1. The first kappa shape index (κ1) is 13.3. The largest absolute Gasteiger partial charge is 0.378 e. The molecule has 3 heterocycles. The second-order valence-corrected chi connectivity index (χ2v) is 5.42. The minimum Gasteiger partial charge on any atom is -0.378 e. The first-order valence-corrected chi connectivity index (χ1v) is 7.28. The van der Waals surface area contributed by atoms with Gasteiger partial charge in [0, 0.05) is 25.9 Å². The van der Waals surface area contributed by atoms with Crippen LogP contribution in [0.4, 0.5) is 10.6 Å². The van der Waals surface area contributed by atoms with Crippen molar-refractivity contribution in [2.75, 3.05) is 25.0 Å². The highest BCUT2D eigenvalue weighted by Crippen LogP contribution is 2.28. The minimum atomic E-state index is -0.0868. The zero-order valence-corrected chi connectivity index (χ0v) is 11.5. The molecular formula is C14H20N4O2. The van der Waals surface area contributed by atoms with E-state index in [1.807, 2.05) is 4.90 Å². The number of nitrogens with one attached hydrogen (secondary N) is 1. The van der Waals surface area contributed by atoms with Crippen LogP contribution in [0.1, 0.15) is 25.7 Å². The number of amides is 2. The lowest BCUT2D eigenvalue weighted by atomic mass is 9.90.